The Morgan fingerprint density at radius 3 is 3.06 bits per heavy atom. The van der Waals surface area contributed by atoms with Crippen LogP contribution in [0.3, 0.4) is 0 Å². The van der Waals surface area contributed by atoms with E-state index in [1.54, 1.807) is 18.3 Å². The van der Waals surface area contributed by atoms with Crippen molar-refractivity contribution in [2.75, 3.05) is 5.32 Å². The molecule has 2 N–H and O–H groups in total. The van der Waals surface area contributed by atoms with Crippen molar-refractivity contribution in [3.8, 4) is 0 Å². The molecule has 5 nitrogen and oxygen atoms in total. The molecule has 2 amide bonds. The van der Waals surface area contributed by atoms with Crippen LogP contribution in [0, 0.1) is 6.92 Å². The second-order valence-corrected chi connectivity index (χ2v) is 3.83. The van der Waals surface area contributed by atoms with Gasteiger partial charge in [-0.15, -0.1) is 0 Å². The maximum atomic E-state index is 11.7. The van der Waals surface area contributed by atoms with Crippen LogP contribution in [0.4, 0.5) is 5.69 Å². The molecule has 2 heterocycles. The molecule has 1 aromatic rings. The molecular formula is C11H13N3O2. The molecule has 0 saturated carbocycles. The smallest absolute Gasteiger partial charge is 0.246 e. The molecule has 1 atom stereocenters. The summed E-state index contributed by atoms with van der Waals surface area (Å²) in [4.78, 5) is 26.7. The zero-order chi connectivity index (χ0) is 11.5. The molecule has 1 aliphatic rings. The van der Waals surface area contributed by atoms with E-state index in [0.29, 0.717) is 18.5 Å². The van der Waals surface area contributed by atoms with E-state index in [1.165, 1.54) is 0 Å². The normalized spacial score (nSPS) is 19.3. The van der Waals surface area contributed by atoms with Crippen molar-refractivity contribution < 1.29 is 9.59 Å². The molecule has 0 radical (unpaired) electrons. The Morgan fingerprint density at radius 2 is 2.44 bits per heavy atom. The predicted molar refractivity (Wildman–Crippen MR) is 58.8 cm³/mol. The largest absolute Gasteiger partial charge is 0.344 e. The highest BCUT2D eigenvalue weighted by Crippen LogP contribution is 2.11. The van der Waals surface area contributed by atoms with Crippen molar-refractivity contribution in [3.05, 3.63) is 24.0 Å². The number of hydrogen-bond donors (Lipinski definition) is 2. The molecule has 16 heavy (non-hydrogen) atoms. The first kappa shape index (κ1) is 10.6. The summed E-state index contributed by atoms with van der Waals surface area (Å²) < 4.78 is 0. The Kier molecular flexibility index (Phi) is 2.85. The summed E-state index contributed by atoms with van der Waals surface area (Å²) in [5.74, 6) is -0.234. The van der Waals surface area contributed by atoms with Crippen molar-refractivity contribution in [2.24, 2.45) is 0 Å². The quantitative estimate of drug-likeness (QED) is 0.765. The topological polar surface area (TPSA) is 71.1 Å². The van der Waals surface area contributed by atoms with Gasteiger partial charge in [0.05, 0.1) is 0 Å². The van der Waals surface area contributed by atoms with Gasteiger partial charge in [0, 0.05) is 24.0 Å². The number of pyridine rings is 1. The number of aryl methyl sites for hydroxylation is 1. The van der Waals surface area contributed by atoms with Crippen molar-refractivity contribution >= 4 is 17.5 Å². The Labute approximate surface area is 93.3 Å². The second-order valence-electron chi connectivity index (χ2n) is 3.83. The maximum absolute atomic E-state index is 11.7. The van der Waals surface area contributed by atoms with Crippen LogP contribution < -0.4 is 10.6 Å². The zero-order valence-electron chi connectivity index (χ0n) is 8.99. The summed E-state index contributed by atoms with van der Waals surface area (Å²) in [6.07, 6.45) is 2.63. The van der Waals surface area contributed by atoms with Crippen LogP contribution in [0.2, 0.25) is 0 Å². The molecule has 1 aliphatic heterocycles. The molecule has 1 saturated heterocycles. The number of hydrogen-bond acceptors (Lipinski definition) is 3. The van der Waals surface area contributed by atoms with E-state index in [9.17, 15) is 9.59 Å². The molecule has 0 bridgehead atoms. The minimum Gasteiger partial charge on any atom is -0.344 e. The van der Waals surface area contributed by atoms with E-state index in [0.717, 1.165) is 5.69 Å². The Balaban J connectivity index is 1.99. The summed E-state index contributed by atoms with van der Waals surface area (Å²) in [6.45, 7) is 1.85. The van der Waals surface area contributed by atoms with E-state index < -0.39 is 6.04 Å². The fourth-order valence-corrected chi connectivity index (χ4v) is 1.66. The van der Waals surface area contributed by atoms with Gasteiger partial charge in [-0.25, -0.2) is 0 Å². The maximum Gasteiger partial charge on any atom is 0.246 e. The molecule has 0 aromatic carbocycles. The van der Waals surface area contributed by atoms with Crippen LogP contribution in [-0.2, 0) is 9.59 Å². The molecule has 5 heteroatoms. The van der Waals surface area contributed by atoms with Gasteiger partial charge in [-0.2, -0.15) is 0 Å². The Bertz CT molecular complexity index is 431. The van der Waals surface area contributed by atoms with Crippen molar-refractivity contribution in [1.82, 2.24) is 10.3 Å². The third-order valence-corrected chi connectivity index (χ3v) is 2.48. The lowest BCUT2D eigenvalue weighted by Gasteiger charge is -2.10. The number of rotatable bonds is 2. The van der Waals surface area contributed by atoms with Crippen molar-refractivity contribution in [2.45, 2.75) is 25.8 Å². The lowest BCUT2D eigenvalue weighted by Crippen LogP contribution is -2.37. The number of aromatic nitrogens is 1. The van der Waals surface area contributed by atoms with Crippen LogP contribution in [0.1, 0.15) is 18.5 Å². The summed E-state index contributed by atoms with van der Waals surface area (Å²) in [5.41, 5.74) is 1.55. The SMILES string of the molecule is Cc1cc(NC(=O)C2CCC(=O)N2)ccn1. The molecular weight excluding hydrogens is 206 g/mol. The Hall–Kier alpha value is -1.91. The van der Waals surface area contributed by atoms with E-state index in [4.69, 9.17) is 0 Å². The third kappa shape index (κ3) is 2.36. The van der Waals surface area contributed by atoms with Crippen LogP contribution in [0.25, 0.3) is 0 Å². The lowest BCUT2D eigenvalue weighted by molar-refractivity contribution is -0.122. The van der Waals surface area contributed by atoms with Crippen LogP contribution in [-0.4, -0.2) is 22.8 Å². The molecule has 1 unspecified atom stereocenters. The van der Waals surface area contributed by atoms with Gasteiger partial charge >= 0.3 is 0 Å². The summed E-state index contributed by atoms with van der Waals surface area (Å²) in [5, 5.41) is 5.37. The van der Waals surface area contributed by atoms with Crippen LogP contribution in [0.5, 0.6) is 0 Å². The molecule has 0 aliphatic carbocycles. The van der Waals surface area contributed by atoms with Gasteiger partial charge in [-0.1, -0.05) is 0 Å². The standard InChI is InChI=1S/C11H13N3O2/c1-7-6-8(4-5-12-7)13-11(16)9-2-3-10(15)14-9/h4-6,9H,2-3H2,1H3,(H,14,15)(H,12,13,16). The number of carbonyl (C=O) groups is 2. The van der Waals surface area contributed by atoms with E-state index in [1.807, 2.05) is 6.92 Å². The van der Waals surface area contributed by atoms with Gasteiger partial charge in [-0.3, -0.25) is 14.6 Å². The van der Waals surface area contributed by atoms with Crippen molar-refractivity contribution in [3.63, 3.8) is 0 Å². The fourth-order valence-electron chi connectivity index (χ4n) is 1.66. The predicted octanol–water partition coefficient (Wildman–Crippen LogP) is 0.607. The van der Waals surface area contributed by atoms with Gasteiger partial charge in [0.2, 0.25) is 11.8 Å². The zero-order valence-corrected chi connectivity index (χ0v) is 8.99. The van der Waals surface area contributed by atoms with Crippen LogP contribution >= 0.6 is 0 Å². The Morgan fingerprint density at radius 1 is 1.62 bits per heavy atom. The first-order valence-electron chi connectivity index (χ1n) is 5.18. The average Bonchev–Trinajstić information content (AvgIpc) is 2.65. The fraction of sp³-hybridized carbons (Fsp3) is 0.364. The van der Waals surface area contributed by atoms with Gasteiger partial charge < -0.3 is 10.6 Å². The first-order valence-corrected chi connectivity index (χ1v) is 5.18. The minimum absolute atomic E-state index is 0.0638. The number of nitrogens with zero attached hydrogens (tertiary/aromatic N) is 1. The van der Waals surface area contributed by atoms with Gasteiger partial charge in [0.25, 0.3) is 0 Å². The van der Waals surface area contributed by atoms with Crippen LogP contribution in [0.15, 0.2) is 18.3 Å². The third-order valence-electron chi connectivity index (χ3n) is 2.48. The number of nitrogens with one attached hydrogen (secondary N) is 2. The highest BCUT2D eigenvalue weighted by atomic mass is 16.2. The van der Waals surface area contributed by atoms with E-state index in [-0.39, 0.29) is 11.8 Å². The molecule has 1 fully saturated rings. The highest BCUT2D eigenvalue weighted by Gasteiger charge is 2.26. The average molecular weight is 219 g/mol. The summed E-state index contributed by atoms with van der Waals surface area (Å²) >= 11 is 0. The van der Waals surface area contributed by atoms with E-state index >= 15 is 0 Å². The van der Waals surface area contributed by atoms with Crippen molar-refractivity contribution in [1.29, 1.82) is 0 Å². The molecule has 84 valence electrons. The highest BCUT2D eigenvalue weighted by molar-refractivity contribution is 5.98. The van der Waals surface area contributed by atoms with Gasteiger partial charge in [0.15, 0.2) is 0 Å². The number of anilines is 1. The molecule has 0 spiro atoms. The second kappa shape index (κ2) is 4.30. The molecule has 2 rings (SSSR count). The summed E-state index contributed by atoms with van der Waals surface area (Å²) in [6, 6.07) is 3.11. The minimum atomic E-state index is -0.402. The van der Waals surface area contributed by atoms with Gasteiger partial charge in [0.1, 0.15) is 6.04 Å². The molecule has 1 aromatic heterocycles. The first-order chi connectivity index (χ1) is 7.65. The monoisotopic (exact) mass is 219 g/mol. The number of carbonyl (C=O) groups excluding carboxylic acids is 2. The lowest BCUT2D eigenvalue weighted by atomic mass is 10.2. The summed E-state index contributed by atoms with van der Waals surface area (Å²) in [7, 11) is 0. The van der Waals surface area contributed by atoms with E-state index in [2.05, 4.69) is 15.6 Å². The number of amides is 2. The van der Waals surface area contributed by atoms with Gasteiger partial charge in [-0.05, 0) is 25.5 Å².